The molecule has 3 heterocycles. The number of nitrogens with one attached hydrogen (secondary N) is 1. The SMILES string of the molecule is Cc1cc(C)n(-c2ccccc2NC(=O)N2CCC[C@@H](c3ccncn3)C2)n1. The lowest BCUT2D eigenvalue weighted by atomic mass is 9.95. The lowest BCUT2D eigenvalue weighted by Gasteiger charge is -2.32. The van der Waals surface area contributed by atoms with Crippen LogP contribution in [0, 0.1) is 13.8 Å². The van der Waals surface area contributed by atoms with Gasteiger partial charge in [-0.25, -0.2) is 19.4 Å². The van der Waals surface area contributed by atoms with Crippen LogP contribution in [0.4, 0.5) is 10.5 Å². The van der Waals surface area contributed by atoms with Gasteiger partial charge in [-0.1, -0.05) is 12.1 Å². The van der Waals surface area contributed by atoms with Gasteiger partial charge in [0.05, 0.1) is 17.1 Å². The Morgan fingerprint density at radius 2 is 2.07 bits per heavy atom. The Morgan fingerprint density at radius 1 is 1.21 bits per heavy atom. The molecule has 2 amide bonds. The third-order valence-electron chi connectivity index (χ3n) is 5.12. The smallest absolute Gasteiger partial charge is 0.321 e. The largest absolute Gasteiger partial charge is 0.324 e. The van der Waals surface area contributed by atoms with E-state index in [1.165, 1.54) is 0 Å². The van der Waals surface area contributed by atoms with E-state index in [9.17, 15) is 4.79 Å². The minimum Gasteiger partial charge on any atom is -0.324 e. The van der Waals surface area contributed by atoms with Crippen LogP contribution in [0.15, 0.2) is 48.9 Å². The summed E-state index contributed by atoms with van der Waals surface area (Å²) in [6, 6.07) is 11.6. The predicted molar refractivity (Wildman–Crippen MR) is 108 cm³/mol. The lowest BCUT2D eigenvalue weighted by molar-refractivity contribution is 0.192. The predicted octanol–water partition coefficient (Wildman–Crippen LogP) is 3.69. The van der Waals surface area contributed by atoms with Gasteiger partial charge in [0.25, 0.3) is 0 Å². The maximum atomic E-state index is 13.0. The number of aryl methyl sites for hydroxylation is 2. The molecule has 1 N–H and O–H groups in total. The summed E-state index contributed by atoms with van der Waals surface area (Å²) < 4.78 is 1.87. The summed E-state index contributed by atoms with van der Waals surface area (Å²) >= 11 is 0. The van der Waals surface area contributed by atoms with E-state index in [-0.39, 0.29) is 11.9 Å². The van der Waals surface area contributed by atoms with Gasteiger partial charge < -0.3 is 10.2 Å². The molecule has 2 aromatic heterocycles. The van der Waals surface area contributed by atoms with Crippen LogP contribution in [0.5, 0.6) is 0 Å². The third kappa shape index (κ3) is 3.74. The lowest BCUT2D eigenvalue weighted by Crippen LogP contribution is -2.41. The molecule has 4 rings (SSSR count). The Balaban J connectivity index is 1.52. The molecule has 1 aliphatic rings. The number of likely N-dealkylation sites (tertiary alicyclic amines) is 1. The summed E-state index contributed by atoms with van der Waals surface area (Å²) in [5, 5.41) is 7.63. The first-order valence-corrected chi connectivity index (χ1v) is 9.56. The van der Waals surface area contributed by atoms with Gasteiger partial charge in [-0.2, -0.15) is 5.10 Å². The fraction of sp³-hybridized carbons (Fsp3) is 0.333. The fourth-order valence-electron chi connectivity index (χ4n) is 3.78. The number of carbonyl (C=O) groups excluding carboxylic acids is 1. The first-order chi connectivity index (χ1) is 13.6. The van der Waals surface area contributed by atoms with Gasteiger partial charge in [0, 0.05) is 36.6 Å². The number of benzene rings is 1. The highest BCUT2D eigenvalue weighted by Gasteiger charge is 2.26. The van der Waals surface area contributed by atoms with Crippen LogP contribution in [0.2, 0.25) is 0 Å². The number of para-hydroxylation sites is 2. The van der Waals surface area contributed by atoms with Gasteiger partial charge >= 0.3 is 6.03 Å². The minimum atomic E-state index is -0.0901. The van der Waals surface area contributed by atoms with Crippen molar-refractivity contribution in [3.8, 4) is 5.69 Å². The van der Waals surface area contributed by atoms with Crippen LogP contribution in [0.1, 0.15) is 35.8 Å². The molecule has 0 saturated carbocycles. The number of carbonyl (C=O) groups is 1. The Kier molecular flexibility index (Phi) is 5.06. The van der Waals surface area contributed by atoms with E-state index < -0.39 is 0 Å². The quantitative estimate of drug-likeness (QED) is 0.756. The van der Waals surface area contributed by atoms with Crippen molar-refractivity contribution >= 4 is 11.7 Å². The van der Waals surface area contributed by atoms with Crippen molar-refractivity contribution in [2.75, 3.05) is 18.4 Å². The monoisotopic (exact) mass is 376 g/mol. The molecule has 144 valence electrons. The maximum Gasteiger partial charge on any atom is 0.321 e. The van der Waals surface area contributed by atoms with E-state index >= 15 is 0 Å². The molecule has 28 heavy (non-hydrogen) atoms. The Bertz CT molecular complexity index is 968. The summed E-state index contributed by atoms with van der Waals surface area (Å²) in [4.78, 5) is 23.2. The third-order valence-corrected chi connectivity index (χ3v) is 5.12. The summed E-state index contributed by atoms with van der Waals surface area (Å²) in [5.74, 6) is 0.244. The van der Waals surface area contributed by atoms with Crippen molar-refractivity contribution in [1.29, 1.82) is 0 Å². The van der Waals surface area contributed by atoms with Crippen molar-refractivity contribution in [2.24, 2.45) is 0 Å². The number of hydrogen-bond acceptors (Lipinski definition) is 4. The van der Waals surface area contributed by atoms with Crippen molar-refractivity contribution < 1.29 is 4.79 Å². The Morgan fingerprint density at radius 3 is 2.82 bits per heavy atom. The first-order valence-electron chi connectivity index (χ1n) is 9.56. The van der Waals surface area contributed by atoms with Crippen LogP contribution in [-0.4, -0.2) is 43.8 Å². The molecule has 1 aliphatic heterocycles. The van der Waals surface area contributed by atoms with Crippen molar-refractivity contribution in [3.63, 3.8) is 0 Å². The van der Waals surface area contributed by atoms with E-state index in [1.54, 1.807) is 12.5 Å². The summed E-state index contributed by atoms with van der Waals surface area (Å²) in [6.07, 6.45) is 5.31. The van der Waals surface area contributed by atoms with E-state index in [2.05, 4.69) is 20.4 Å². The van der Waals surface area contributed by atoms with Crippen LogP contribution in [0.3, 0.4) is 0 Å². The summed E-state index contributed by atoms with van der Waals surface area (Å²) in [7, 11) is 0. The molecule has 0 unspecified atom stereocenters. The number of urea groups is 1. The van der Waals surface area contributed by atoms with Gasteiger partial charge in [-0.05, 0) is 51.0 Å². The summed E-state index contributed by atoms with van der Waals surface area (Å²) in [6.45, 7) is 5.38. The van der Waals surface area contributed by atoms with Gasteiger partial charge in [0.15, 0.2) is 0 Å². The molecule has 7 heteroatoms. The molecular weight excluding hydrogens is 352 g/mol. The number of rotatable bonds is 3. The van der Waals surface area contributed by atoms with Crippen molar-refractivity contribution in [2.45, 2.75) is 32.6 Å². The van der Waals surface area contributed by atoms with E-state index in [1.807, 2.05) is 59.8 Å². The average Bonchev–Trinajstić information content (AvgIpc) is 3.07. The molecule has 7 nitrogen and oxygen atoms in total. The molecule has 0 radical (unpaired) electrons. The fourth-order valence-corrected chi connectivity index (χ4v) is 3.78. The first kappa shape index (κ1) is 18.2. The minimum absolute atomic E-state index is 0.0901. The maximum absolute atomic E-state index is 13.0. The van der Waals surface area contributed by atoms with Gasteiger partial charge in [-0.3, -0.25) is 0 Å². The van der Waals surface area contributed by atoms with Crippen LogP contribution >= 0.6 is 0 Å². The molecule has 0 spiro atoms. The van der Waals surface area contributed by atoms with Crippen molar-refractivity contribution in [1.82, 2.24) is 24.6 Å². The number of nitrogens with zero attached hydrogens (tertiary/aromatic N) is 5. The molecule has 3 aromatic rings. The second-order valence-electron chi connectivity index (χ2n) is 7.21. The number of hydrogen-bond donors (Lipinski definition) is 1. The molecule has 1 fully saturated rings. The average molecular weight is 376 g/mol. The molecule has 1 saturated heterocycles. The second kappa shape index (κ2) is 7.80. The Labute approximate surface area is 164 Å². The highest BCUT2D eigenvalue weighted by atomic mass is 16.2. The zero-order valence-electron chi connectivity index (χ0n) is 16.2. The molecular formula is C21H24N6O. The Hall–Kier alpha value is -3.22. The van der Waals surface area contributed by atoms with Gasteiger partial charge in [0.1, 0.15) is 6.33 Å². The normalized spacial score (nSPS) is 16.8. The zero-order chi connectivity index (χ0) is 19.5. The zero-order valence-corrected chi connectivity index (χ0v) is 16.2. The number of amides is 2. The number of anilines is 1. The molecule has 1 aromatic carbocycles. The van der Waals surface area contributed by atoms with Crippen LogP contribution in [0.25, 0.3) is 5.69 Å². The number of aromatic nitrogens is 4. The van der Waals surface area contributed by atoms with E-state index in [0.717, 1.165) is 47.8 Å². The topological polar surface area (TPSA) is 75.9 Å². The van der Waals surface area contributed by atoms with E-state index in [4.69, 9.17) is 0 Å². The highest BCUT2D eigenvalue weighted by Crippen LogP contribution is 2.27. The van der Waals surface area contributed by atoms with Crippen LogP contribution < -0.4 is 5.32 Å². The highest BCUT2D eigenvalue weighted by molar-refractivity contribution is 5.91. The van der Waals surface area contributed by atoms with E-state index in [0.29, 0.717) is 6.54 Å². The van der Waals surface area contributed by atoms with Gasteiger partial charge in [0.2, 0.25) is 0 Å². The van der Waals surface area contributed by atoms with Crippen LogP contribution in [-0.2, 0) is 0 Å². The molecule has 1 atom stereocenters. The molecule has 0 bridgehead atoms. The molecule has 0 aliphatic carbocycles. The van der Waals surface area contributed by atoms with Gasteiger partial charge in [-0.15, -0.1) is 0 Å². The second-order valence-corrected chi connectivity index (χ2v) is 7.21. The standard InChI is InChI=1S/C21H24N6O/c1-15-12-16(2)27(25-15)20-8-4-3-7-19(20)24-21(28)26-11-5-6-17(13-26)18-9-10-22-14-23-18/h3-4,7-10,12,14,17H,5-6,11,13H2,1-2H3,(H,24,28)/t17-/m1/s1. The van der Waals surface area contributed by atoms with Crippen molar-refractivity contribution in [3.05, 3.63) is 66.0 Å². The summed E-state index contributed by atoms with van der Waals surface area (Å²) in [5.41, 5.74) is 4.59. The number of piperidine rings is 1.